The second-order valence-electron chi connectivity index (χ2n) is 3.36. The first-order valence-corrected chi connectivity index (χ1v) is 4.66. The van der Waals surface area contributed by atoms with Gasteiger partial charge in [-0.1, -0.05) is 0 Å². The van der Waals surface area contributed by atoms with Gasteiger partial charge in [0.2, 0.25) is 0 Å². The molecule has 6 heteroatoms. The van der Waals surface area contributed by atoms with Crippen LogP contribution in [-0.2, 0) is 6.18 Å². The van der Waals surface area contributed by atoms with Crippen LogP contribution in [0.2, 0.25) is 0 Å². The van der Waals surface area contributed by atoms with Crippen molar-refractivity contribution in [2.24, 2.45) is 5.84 Å². The molecule has 0 fully saturated rings. The van der Waals surface area contributed by atoms with Crippen LogP contribution in [0.3, 0.4) is 0 Å². The number of hydrogen-bond donors (Lipinski definition) is 2. The quantitative estimate of drug-likeness (QED) is 0.372. The molecule has 17 heavy (non-hydrogen) atoms. The Morgan fingerprint density at radius 3 is 2.53 bits per heavy atom. The number of hydrazine groups is 1. The van der Waals surface area contributed by atoms with Crippen LogP contribution in [0.15, 0.2) is 18.2 Å². The van der Waals surface area contributed by atoms with Gasteiger partial charge in [0.15, 0.2) is 0 Å². The van der Waals surface area contributed by atoms with E-state index in [2.05, 4.69) is 11.3 Å². The van der Waals surface area contributed by atoms with Gasteiger partial charge in [0.25, 0.3) is 0 Å². The number of nitrogens with two attached hydrogens (primary N) is 1. The Morgan fingerprint density at radius 1 is 1.41 bits per heavy atom. The Balaban J connectivity index is 3.29. The van der Waals surface area contributed by atoms with E-state index in [1.165, 1.54) is 0 Å². The molecule has 1 aromatic rings. The summed E-state index contributed by atoms with van der Waals surface area (Å²) in [7, 11) is 0. The first kappa shape index (κ1) is 13.5. The molecular formula is C11H10F4N2. The predicted molar refractivity (Wildman–Crippen MR) is 54.9 cm³/mol. The van der Waals surface area contributed by atoms with Crippen molar-refractivity contribution < 1.29 is 17.6 Å². The first-order chi connectivity index (χ1) is 7.90. The Morgan fingerprint density at radius 2 is 2.06 bits per heavy atom. The third kappa shape index (κ3) is 3.19. The summed E-state index contributed by atoms with van der Waals surface area (Å²) >= 11 is 0. The predicted octanol–water partition coefficient (Wildman–Crippen LogP) is 2.37. The minimum absolute atomic E-state index is 0.0664. The van der Waals surface area contributed by atoms with Crippen LogP contribution in [0.25, 0.3) is 0 Å². The van der Waals surface area contributed by atoms with Gasteiger partial charge in [-0.3, -0.25) is 11.3 Å². The van der Waals surface area contributed by atoms with Crippen molar-refractivity contribution in [3.05, 3.63) is 35.1 Å². The molecule has 1 rings (SSSR count). The van der Waals surface area contributed by atoms with E-state index < -0.39 is 23.6 Å². The van der Waals surface area contributed by atoms with Crippen LogP contribution >= 0.6 is 0 Å². The molecule has 1 aromatic carbocycles. The molecule has 0 aliphatic carbocycles. The summed E-state index contributed by atoms with van der Waals surface area (Å²) in [4.78, 5) is 0. The maximum atomic E-state index is 13.0. The molecule has 0 amide bonds. The fourth-order valence-electron chi connectivity index (χ4n) is 1.46. The molecule has 0 radical (unpaired) electrons. The van der Waals surface area contributed by atoms with E-state index in [0.717, 1.165) is 12.1 Å². The Labute approximate surface area is 95.8 Å². The topological polar surface area (TPSA) is 38.0 Å². The summed E-state index contributed by atoms with van der Waals surface area (Å²) in [5.41, 5.74) is 0.909. The highest BCUT2D eigenvalue weighted by atomic mass is 19.4. The van der Waals surface area contributed by atoms with Crippen molar-refractivity contribution in [3.8, 4) is 12.3 Å². The number of benzene rings is 1. The molecule has 1 unspecified atom stereocenters. The van der Waals surface area contributed by atoms with Gasteiger partial charge in [-0.15, -0.1) is 12.3 Å². The average Bonchev–Trinajstić information content (AvgIpc) is 2.24. The van der Waals surface area contributed by atoms with Crippen LogP contribution < -0.4 is 11.3 Å². The lowest BCUT2D eigenvalue weighted by atomic mass is 9.98. The molecule has 2 nitrogen and oxygen atoms in total. The molecule has 0 saturated carbocycles. The fourth-order valence-corrected chi connectivity index (χ4v) is 1.46. The lowest BCUT2D eigenvalue weighted by Crippen LogP contribution is -2.29. The molecule has 0 aromatic heterocycles. The van der Waals surface area contributed by atoms with Gasteiger partial charge in [0.05, 0.1) is 11.6 Å². The first-order valence-electron chi connectivity index (χ1n) is 4.66. The zero-order chi connectivity index (χ0) is 13.1. The Bertz CT molecular complexity index is 434. The molecule has 92 valence electrons. The zero-order valence-electron chi connectivity index (χ0n) is 8.68. The number of hydrogen-bond acceptors (Lipinski definition) is 2. The second kappa shape index (κ2) is 5.17. The van der Waals surface area contributed by atoms with Crippen LogP contribution in [0, 0.1) is 18.2 Å². The summed E-state index contributed by atoms with van der Waals surface area (Å²) in [5.74, 6) is 6.53. The van der Waals surface area contributed by atoms with Crippen LogP contribution in [-0.4, -0.2) is 0 Å². The van der Waals surface area contributed by atoms with Crippen LogP contribution in [0.1, 0.15) is 23.6 Å². The summed E-state index contributed by atoms with van der Waals surface area (Å²) in [6, 6.07) is 1.26. The van der Waals surface area contributed by atoms with Gasteiger partial charge in [0.1, 0.15) is 5.82 Å². The molecular weight excluding hydrogens is 236 g/mol. The highest BCUT2D eigenvalue weighted by Gasteiger charge is 2.35. The molecule has 0 aliphatic rings. The van der Waals surface area contributed by atoms with Crippen LogP contribution in [0.5, 0.6) is 0 Å². The van der Waals surface area contributed by atoms with Crippen molar-refractivity contribution in [2.45, 2.75) is 18.6 Å². The van der Waals surface area contributed by atoms with Gasteiger partial charge in [-0.2, -0.15) is 13.2 Å². The van der Waals surface area contributed by atoms with E-state index in [9.17, 15) is 17.6 Å². The number of nitrogens with one attached hydrogen (secondary N) is 1. The SMILES string of the molecule is C#CCC(NN)c1cc(F)ccc1C(F)(F)F. The van der Waals surface area contributed by atoms with Gasteiger partial charge in [0, 0.05) is 6.42 Å². The third-order valence-electron chi connectivity index (χ3n) is 2.22. The van der Waals surface area contributed by atoms with E-state index in [1.807, 2.05) is 0 Å². The number of terminal acetylenes is 1. The minimum atomic E-state index is -4.58. The number of rotatable bonds is 3. The molecule has 0 spiro atoms. The van der Waals surface area contributed by atoms with E-state index in [4.69, 9.17) is 12.3 Å². The van der Waals surface area contributed by atoms with Crippen molar-refractivity contribution in [2.75, 3.05) is 0 Å². The van der Waals surface area contributed by atoms with Gasteiger partial charge in [-0.25, -0.2) is 4.39 Å². The molecule has 3 N–H and O–H groups in total. The normalized spacial score (nSPS) is 13.2. The second-order valence-corrected chi connectivity index (χ2v) is 3.36. The maximum Gasteiger partial charge on any atom is 0.416 e. The lowest BCUT2D eigenvalue weighted by molar-refractivity contribution is -0.138. The largest absolute Gasteiger partial charge is 0.416 e. The van der Waals surface area contributed by atoms with Crippen molar-refractivity contribution in [3.63, 3.8) is 0 Å². The smallest absolute Gasteiger partial charge is 0.271 e. The zero-order valence-corrected chi connectivity index (χ0v) is 8.68. The van der Waals surface area contributed by atoms with E-state index >= 15 is 0 Å². The van der Waals surface area contributed by atoms with Gasteiger partial charge < -0.3 is 0 Å². The lowest BCUT2D eigenvalue weighted by Gasteiger charge is -2.19. The number of alkyl halides is 3. The highest BCUT2D eigenvalue weighted by molar-refractivity contribution is 5.33. The summed E-state index contributed by atoms with van der Waals surface area (Å²) < 4.78 is 51.0. The van der Waals surface area contributed by atoms with Crippen molar-refractivity contribution in [1.29, 1.82) is 0 Å². The average molecular weight is 246 g/mol. The molecule has 0 aliphatic heterocycles. The van der Waals surface area contributed by atoms with Gasteiger partial charge >= 0.3 is 6.18 Å². The summed E-state index contributed by atoms with van der Waals surface area (Å²) in [6.45, 7) is 0. The maximum absolute atomic E-state index is 13.0. The standard InChI is InChI=1S/C11H10F4N2/c1-2-3-10(17-16)8-6-7(12)4-5-9(8)11(13,14)15/h1,4-6,10,17H,3,16H2. The summed E-state index contributed by atoms with van der Waals surface area (Å²) in [5, 5.41) is 0. The molecule has 0 bridgehead atoms. The summed E-state index contributed by atoms with van der Waals surface area (Å²) in [6.07, 6.45) is 0.376. The Hall–Kier alpha value is -1.58. The molecule has 0 heterocycles. The van der Waals surface area contributed by atoms with E-state index in [0.29, 0.717) is 6.07 Å². The highest BCUT2D eigenvalue weighted by Crippen LogP contribution is 2.35. The third-order valence-corrected chi connectivity index (χ3v) is 2.22. The monoisotopic (exact) mass is 246 g/mol. The van der Waals surface area contributed by atoms with E-state index in [1.54, 1.807) is 0 Å². The van der Waals surface area contributed by atoms with Crippen molar-refractivity contribution in [1.82, 2.24) is 5.43 Å². The van der Waals surface area contributed by atoms with Gasteiger partial charge in [-0.05, 0) is 23.8 Å². The molecule has 1 atom stereocenters. The fraction of sp³-hybridized carbons (Fsp3) is 0.273. The van der Waals surface area contributed by atoms with Crippen molar-refractivity contribution >= 4 is 0 Å². The number of halogens is 4. The van der Waals surface area contributed by atoms with Crippen LogP contribution in [0.4, 0.5) is 17.6 Å². The molecule has 0 saturated heterocycles. The Kier molecular flexibility index (Phi) is 4.10. The minimum Gasteiger partial charge on any atom is -0.271 e. The van der Waals surface area contributed by atoms with E-state index in [-0.39, 0.29) is 12.0 Å².